The van der Waals surface area contributed by atoms with E-state index < -0.39 is 29.1 Å². The Hall–Kier alpha value is -1.69. The number of hydrogen-bond acceptors (Lipinski definition) is 3. The van der Waals surface area contributed by atoms with Crippen LogP contribution in [0.2, 0.25) is 0 Å². The summed E-state index contributed by atoms with van der Waals surface area (Å²) in [5, 5.41) is 21.8. The van der Waals surface area contributed by atoms with Crippen LogP contribution >= 0.6 is 0 Å². The highest BCUT2D eigenvalue weighted by Crippen LogP contribution is 2.33. The first kappa shape index (κ1) is 14.7. The molecule has 1 aliphatic carbocycles. The number of carboxylic acid groups (broad SMARTS) is 1. The van der Waals surface area contributed by atoms with Gasteiger partial charge in [0, 0.05) is 6.54 Å². The summed E-state index contributed by atoms with van der Waals surface area (Å²) in [4.78, 5) is 10.8. The summed E-state index contributed by atoms with van der Waals surface area (Å²) in [5.74, 6) is -2.73. The molecule has 0 saturated heterocycles. The normalized spacial score (nSPS) is 26.2. The molecule has 1 aromatic rings. The van der Waals surface area contributed by atoms with Gasteiger partial charge in [-0.3, -0.25) is 4.79 Å². The number of carbonyl (C=O) groups is 1. The Morgan fingerprint density at radius 3 is 2.35 bits per heavy atom. The van der Waals surface area contributed by atoms with Crippen molar-refractivity contribution in [2.24, 2.45) is 5.92 Å². The molecule has 1 aliphatic rings. The molecule has 4 nitrogen and oxygen atoms in total. The fraction of sp³-hybridized carbons (Fsp3) is 0.500. The summed E-state index contributed by atoms with van der Waals surface area (Å²) < 4.78 is 26.9. The Kier molecular flexibility index (Phi) is 4.23. The predicted molar refractivity (Wildman–Crippen MR) is 69.4 cm³/mol. The molecular formula is C14H17F2NO3. The van der Waals surface area contributed by atoms with Crippen LogP contribution in [-0.4, -0.2) is 28.3 Å². The number of rotatable bonds is 4. The predicted octanol–water partition coefficient (Wildman–Crippen LogP) is 2.38. The van der Waals surface area contributed by atoms with E-state index in [0.29, 0.717) is 25.7 Å². The topological polar surface area (TPSA) is 69.6 Å². The second-order valence-corrected chi connectivity index (χ2v) is 5.29. The molecule has 0 aromatic heterocycles. The Balaban J connectivity index is 1.96. The second kappa shape index (κ2) is 5.75. The third-order valence-corrected chi connectivity index (χ3v) is 3.82. The Bertz CT molecular complexity index is 479. The van der Waals surface area contributed by atoms with Gasteiger partial charge in [0.2, 0.25) is 0 Å². The summed E-state index contributed by atoms with van der Waals surface area (Å²) >= 11 is 0. The van der Waals surface area contributed by atoms with E-state index in [9.17, 15) is 18.7 Å². The Morgan fingerprint density at radius 1 is 1.30 bits per heavy atom. The molecule has 0 spiro atoms. The van der Waals surface area contributed by atoms with Crippen LogP contribution in [0.15, 0.2) is 18.2 Å². The number of hydrogen-bond donors (Lipinski definition) is 3. The molecule has 3 N–H and O–H groups in total. The molecule has 2 rings (SSSR count). The molecule has 0 atom stereocenters. The smallest absolute Gasteiger partial charge is 0.306 e. The van der Waals surface area contributed by atoms with E-state index in [1.54, 1.807) is 0 Å². The molecule has 0 aliphatic heterocycles. The lowest BCUT2D eigenvalue weighted by Gasteiger charge is -2.35. The number of anilines is 1. The number of para-hydroxylation sites is 1. The van der Waals surface area contributed by atoms with Crippen molar-refractivity contribution in [2.45, 2.75) is 31.3 Å². The molecule has 0 amide bonds. The fourth-order valence-electron chi connectivity index (χ4n) is 2.50. The molecule has 0 bridgehead atoms. The first-order valence-electron chi connectivity index (χ1n) is 6.54. The maximum Gasteiger partial charge on any atom is 0.306 e. The van der Waals surface area contributed by atoms with Gasteiger partial charge in [-0.2, -0.15) is 0 Å². The summed E-state index contributed by atoms with van der Waals surface area (Å²) in [5.41, 5.74) is -1.39. The third kappa shape index (κ3) is 3.25. The number of nitrogens with one attached hydrogen (secondary N) is 1. The van der Waals surface area contributed by atoms with Crippen molar-refractivity contribution >= 4 is 11.7 Å². The minimum Gasteiger partial charge on any atom is -0.481 e. The van der Waals surface area contributed by atoms with Gasteiger partial charge in [-0.1, -0.05) is 6.07 Å². The highest BCUT2D eigenvalue weighted by Gasteiger charge is 2.35. The Labute approximate surface area is 115 Å². The van der Waals surface area contributed by atoms with Crippen LogP contribution in [0.5, 0.6) is 0 Å². The van der Waals surface area contributed by atoms with Crippen molar-refractivity contribution in [3.63, 3.8) is 0 Å². The van der Waals surface area contributed by atoms with Gasteiger partial charge in [0.05, 0.1) is 11.5 Å². The van der Waals surface area contributed by atoms with Crippen LogP contribution in [0.25, 0.3) is 0 Å². The molecular weight excluding hydrogens is 268 g/mol. The summed E-state index contributed by atoms with van der Waals surface area (Å²) in [6, 6.07) is 3.54. The van der Waals surface area contributed by atoms with Gasteiger partial charge in [-0.15, -0.1) is 0 Å². The number of halogens is 2. The van der Waals surface area contributed by atoms with E-state index in [4.69, 9.17) is 5.11 Å². The van der Waals surface area contributed by atoms with E-state index in [-0.39, 0.29) is 12.2 Å². The van der Waals surface area contributed by atoms with Crippen molar-refractivity contribution < 1.29 is 23.8 Å². The zero-order valence-corrected chi connectivity index (χ0v) is 10.9. The molecule has 1 fully saturated rings. The molecule has 0 unspecified atom stereocenters. The molecule has 6 heteroatoms. The van der Waals surface area contributed by atoms with Gasteiger partial charge in [0.1, 0.15) is 17.3 Å². The molecule has 20 heavy (non-hydrogen) atoms. The van der Waals surface area contributed by atoms with E-state index in [2.05, 4.69) is 5.32 Å². The minimum atomic E-state index is -1.12. The maximum atomic E-state index is 13.4. The van der Waals surface area contributed by atoms with Crippen LogP contribution in [-0.2, 0) is 4.79 Å². The van der Waals surface area contributed by atoms with Gasteiger partial charge in [0.25, 0.3) is 0 Å². The first-order chi connectivity index (χ1) is 9.41. The lowest BCUT2D eigenvalue weighted by atomic mass is 9.79. The summed E-state index contributed by atoms with van der Waals surface area (Å²) in [6.45, 7) is -0.00279. The number of aliphatic carboxylic acids is 1. The van der Waals surface area contributed by atoms with Crippen LogP contribution < -0.4 is 5.32 Å². The van der Waals surface area contributed by atoms with Crippen molar-refractivity contribution in [1.82, 2.24) is 0 Å². The van der Waals surface area contributed by atoms with Crippen molar-refractivity contribution in [2.75, 3.05) is 11.9 Å². The molecule has 1 aromatic carbocycles. The fourth-order valence-corrected chi connectivity index (χ4v) is 2.50. The monoisotopic (exact) mass is 285 g/mol. The van der Waals surface area contributed by atoms with Gasteiger partial charge < -0.3 is 15.5 Å². The van der Waals surface area contributed by atoms with E-state index in [0.717, 1.165) is 12.1 Å². The lowest BCUT2D eigenvalue weighted by molar-refractivity contribution is -0.144. The van der Waals surface area contributed by atoms with Crippen LogP contribution in [0.4, 0.5) is 14.5 Å². The van der Waals surface area contributed by atoms with Crippen molar-refractivity contribution in [1.29, 1.82) is 0 Å². The minimum absolute atomic E-state index is 0.00279. The largest absolute Gasteiger partial charge is 0.481 e. The number of carboxylic acids is 1. The van der Waals surface area contributed by atoms with Crippen molar-refractivity contribution in [3.8, 4) is 0 Å². The second-order valence-electron chi connectivity index (χ2n) is 5.29. The van der Waals surface area contributed by atoms with Gasteiger partial charge in [0.15, 0.2) is 0 Å². The Morgan fingerprint density at radius 2 is 1.85 bits per heavy atom. The molecule has 0 radical (unpaired) electrons. The standard InChI is InChI=1S/C14H17F2NO3/c15-10-2-1-3-11(16)12(10)17-8-14(20)6-4-9(5-7-14)13(18)19/h1-3,9,17,20H,4-8H2,(H,18,19). The molecule has 110 valence electrons. The van der Waals surface area contributed by atoms with Gasteiger partial charge in [-0.05, 0) is 37.8 Å². The van der Waals surface area contributed by atoms with E-state index >= 15 is 0 Å². The van der Waals surface area contributed by atoms with Gasteiger partial charge in [-0.25, -0.2) is 8.78 Å². The van der Waals surface area contributed by atoms with E-state index in [1.165, 1.54) is 6.07 Å². The highest BCUT2D eigenvalue weighted by atomic mass is 19.1. The lowest BCUT2D eigenvalue weighted by Crippen LogP contribution is -2.42. The summed E-state index contributed by atoms with van der Waals surface area (Å²) in [7, 11) is 0. The zero-order chi connectivity index (χ0) is 14.8. The number of aliphatic hydroxyl groups is 1. The maximum absolute atomic E-state index is 13.4. The molecule has 1 saturated carbocycles. The average molecular weight is 285 g/mol. The van der Waals surface area contributed by atoms with Crippen LogP contribution in [0.1, 0.15) is 25.7 Å². The third-order valence-electron chi connectivity index (χ3n) is 3.82. The first-order valence-corrected chi connectivity index (χ1v) is 6.54. The average Bonchev–Trinajstić information content (AvgIpc) is 2.38. The van der Waals surface area contributed by atoms with Crippen LogP contribution in [0.3, 0.4) is 0 Å². The summed E-state index contributed by atoms with van der Waals surface area (Å²) in [6.07, 6.45) is 1.33. The van der Waals surface area contributed by atoms with Crippen molar-refractivity contribution in [3.05, 3.63) is 29.8 Å². The zero-order valence-electron chi connectivity index (χ0n) is 10.9. The number of benzene rings is 1. The highest BCUT2D eigenvalue weighted by molar-refractivity contribution is 5.70. The van der Waals surface area contributed by atoms with Gasteiger partial charge >= 0.3 is 5.97 Å². The van der Waals surface area contributed by atoms with Crippen LogP contribution in [0, 0.1) is 17.6 Å². The SMILES string of the molecule is O=C(O)C1CCC(O)(CNc2c(F)cccc2F)CC1. The van der Waals surface area contributed by atoms with E-state index in [1.807, 2.05) is 0 Å². The quantitative estimate of drug-likeness (QED) is 0.794. The molecule has 0 heterocycles.